The van der Waals surface area contributed by atoms with E-state index in [0.717, 1.165) is 49.3 Å². The van der Waals surface area contributed by atoms with Crippen molar-refractivity contribution in [2.45, 2.75) is 65.0 Å². The topological polar surface area (TPSA) is 44.0 Å². The van der Waals surface area contributed by atoms with Gasteiger partial charge in [0.05, 0.1) is 19.9 Å². The Morgan fingerprint density at radius 1 is 0.816 bits per heavy atom. The highest BCUT2D eigenvalue weighted by atomic mass is 16.5. The fourth-order valence-corrected chi connectivity index (χ4v) is 6.54. The molecule has 1 unspecified atom stereocenters. The predicted molar refractivity (Wildman–Crippen MR) is 159 cm³/mol. The minimum Gasteiger partial charge on any atom is -0.493 e. The first-order valence-corrected chi connectivity index (χ1v) is 14.5. The summed E-state index contributed by atoms with van der Waals surface area (Å²) in [5.74, 6) is 1.89. The van der Waals surface area contributed by atoms with Crippen LogP contribution in [-0.2, 0) is 0 Å². The van der Waals surface area contributed by atoms with Crippen LogP contribution in [0, 0.1) is 0 Å². The summed E-state index contributed by atoms with van der Waals surface area (Å²) < 4.78 is 11.1. The molecule has 0 spiro atoms. The molecule has 6 nitrogen and oxygen atoms in total. The maximum atomic E-state index is 5.59. The van der Waals surface area contributed by atoms with Gasteiger partial charge in [0.15, 0.2) is 11.5 Å². The van der Waals surface area contributed by atoms with Gasteiger partial charge < -0.3 is 24.3 Å². The number of benzene rings is 2. The van der Waals surface area contributed by atoms with Gasteiger partial charge in [-0.25, -0.2) is 0 Å². The summed E-state index contributed by atoms with van der Waals surface area (Å²) >= 11 is 0. The summed E-state index contributed by atoms with van der Waals surface area (Å²) in [4.78, 5) is 11.7. The third kappa shape index (κ3) is 5.39. The zero-order valence-electron chi connectivity index (χ0n) is 24.2. The summed E-state index contributed by atoms with van der Waals surface area (Å²) in [6, 6.07) is 14.6. The average molecular weight is 519 g/mol. The molecule has 1 N–H and O–H groups in total. The highest BCUT2D eigenvalue weighted by Crippen LogP contribution is 2.40. The average Bonchev–Trinajstić information content (AvgIpc) is 3.13. The van der Waals surface area contributed by atoms with Crippen molar-refractivity contribution in [1.82, 2.24) is 14.8 Å². The molecular weight excluding hydrogens is 472 g/mol. The first-order chi connectivity index (χ1) is 18.4. The van der Waals surface area contributed by atoms with E-state index in [9.17, 15) is 0 Å². The zero-order chi connectivity index (χ0) is 26.8. The Kier molecular flexibility index (Phi) is 8.20. The number of methoxy groups -OCH3 is 2. The molecule has 2 aromatic carbocycles. The lowest BCUT2D eigenvalue weighted by atomic mass is 9.95. The van der Waals surface area contributed by atoms with Crippen molar-refractivity contribution in [3.63, 3.8) is 0 Å². The SMILES string of the molecule is COc1ccc(-c2[nH]c3ccc(N4CCN(C5CCCN(C(C)C)CC5)CC4)cc3c2C(C)C)cc1OC. The van der Waals surface area contributed by atoms with Crippen molar-refractivity contribution in [2.75, 3.05) is 58.4 Å². The Bertz CT molecular complexity index is 1230. The normalized spacial score (nSPS) is 19.9. The molecular formula is C32H46N4O2. The molecule has 3 aromatic rings. The summed E-state index contributed by atoms with van der Waals surface area (Å²) in [5, 5.41) is 1.32. The Hall–Kier alpha value is -2.70. The van der Waals surface area contributed by atoms with Crippen molar-refractivity contribution >= 4 is 16.6 Å². The van der Waals surface area contributed by atoms with E-state index in [1.165, 1.54) is 60.2 Å². The van der Waals surface area contributed by atoms with Crippen LogP contribution in [0.25, 0.3) is 22.2 Å². The summed E-state index contributed by atoms with van der Waals surface area (Å²) in [7, 11) is 3.37. The molecule has 2 fully saturated rings. The van der Waals surface area contributed by atoms with Gasteiger partial charge in [0, 0.05) is 60.4 Å². The van der Waals surface area contributed by atoms with Gasteiger partial charge >= 0.3 is 0 Å². The number of anilines is 1. The molecule has 2 aliphatic rings. The molecule has 6 heteroatoms. The Morgan fingerprint density at radius 2 is 1.58 bits per heavy atom. The number of likely N-dealkylation sites (tertiary alicyclic amines) is 1. The van der Waals surface area contributed by atoms with Crippen LogP contribution in [0.15, 0.2) is 36.4 Å². The molecule has 0 aliphatic carbocycles. The molecule has 1 aromatic heterocycles. The Labute approximate surface area is 228 Å². The van der Waals surface area contributed by atoms with Crippen LogP contribution >= 0.6 is 0 Å². The summed E-state index contributed by atoms with van der Waals surface area (Å²) in [5.41, 5.74) is 6.18. The zero-order valence-corrected chi connectivity index (χ0v) is 24.2. The molecule has 1 atom stereocenters. The summed E-state index contributed by atoms with van der Waals surface area (Å²) in [6.45, 7) is 16.2. The molecule has 3 heterocycles. The molecule has 206 valence electrons. The first kappa shape index (κ1) is 26.9. The van der Waals surface area contributed by atoms with Crippen LogP contribution in [0.5, 0.6) is 11.5 Å². The molecule has 0 saturated carbocycles. The largest absolute Gasteiger partial charge is 0.493 e. The molecule has 0 radical (unpaired) electrons. The fraction of sp³-hybridized carbons (Fsp3) is 0.562. The van der Waals surface area contributed by atoms with Crippen molar-refractivity contribution in [2.24, 2.45) is 0 Å². The minimum absolute atomic E-state index is 0.389. The van der Waals surface area contributed by atoms with Gasteiger partial charge in [-0.1, -0.05) is 13.8 Å². The lowest BCUT2D eigenvalue weighted by Gasteiger charge is -2.40. The monoisotopic (exact) mass is 518 g/mol. The molecule has 0 bridgehead atoms. The minimum atomic E-state index is 0.389. The maximum Gasteiger partial charge on any atom is 0.161 e. The lowest BCUT2D eigenvalue weighted by Crippen LogP contribution is -2.50. The van der Waals surface area contributed by atoms with E-state index in [2.05, 4.69) is 77.7 Å². The number of piperazine rings is 1. The van der Waals surface area contributed by atoms with Crippen molar-refractivity contribution in [1.29, 1.82) is 0 Å². The quantitative estimate of drug-likeness (QED) is 0.394. The number of aromatic amines is 1. The highest BCUT2D eigenvalue weighted by Gasteiger charge is 2.27. The second kappa shape index (κ2) is 11.6. The van der Waals surface area contributed by atoms with Gasteiger partial charge in [-0.3, -0.25) is 4.90 Å². The first-order valence-electron chi connectivity index (χ1n) is 14.5. The van der Waals surface area contributed by atoms with Gasteiger partial charge in [0.25, 0.3) is 0 Å². The number of fused-ring (bicyclic) bond motifs is 1. The third-order valence-electron chi connectivity index (χ3n) is 8.73. The lowest BCUT2D eigenvalue weighted by molar-refractivity contribution is 0.163. The predicted octanol–water partition coefficient (Wildman–Crippen LogP) is 6.36. The van der Waals surface area contributed by atoms with E-state index in [1.807, 2.05) is 6.07 Å². The van der Waals surface area contributed by atoms with Gasteiger partial charge in [-0.2, -0.15) is 0 Å². The van der Waals surface area contributed by atoms with Gasteiger partial charge in [0.1, 0.15) is 0 Å². The van der Waals surface area contributed by atoms with Gasteiger partial charge in [-0.05, 0) is 94.1 Å². The number of aromatic nitrogens is 1. The fourth-order valence-electron chi connectivity index (χ4n) is 6.54. The van der Waals surface area contributed by atoms with Crippen LogP contribution in [-0.4, -0.2) is 80.4 Å². The second-order valence-electron chi connectivity index (χ2n) is 11.6. The van der Waals surface area contributed by atoms with E-state index in [4.69, 9.17) is 9.47 Å². The van der Waals surface area contributed by atoms with E-state index in [0.29, 0.717) is 12.0 Å². The molecule has 38 heavy (non-hydrogen) atoms. The Morgan fingerprint density at radius 3 is 2.26 bits per heavy atom. The van der Waals surface area contributed by atoms with E-state index >= 15 is 0 Å². The van der Waals surface area contributed by atoms with Crippen molar-refractivity contribution in [3.8, 4) is 22.8 Å². The molecule has 0 amide bonds. The molecule has 5 rings (SSSR count). The smallest absolute Gasteiger partial charge is 0.161 e. The van der Waals surface area contributed by atoms with Gasteiger partial charge in [0.2, 0.25) is 0 Å². The maximum absolute atomic E-state index is 5.59. The Balaban J connectivity index is 1.35. The van der Waals surface area contributed by atoms with Crippen molar-refractivity contribution < 1.29 is 9.47 Å². The van der Waals surface area contributed by atoms with Crippen LogP contribution in [0.4, 0.5) is 5.69 Å². The number of H-pyrrole nitrogens is 1. The van der Waals surface area contributed by atoms with E-state index < -0.39 is 0 Å². The van der Waals surface area contributed by atoms with Crippen LogP contribution < -0.4 is 14.4 Å². The number of rotatable bonds is 7. The van der Waals surface area contributed by atoms with Crippen LogP contribution in [0.2, 0.25) is 0 Å². The molecule has 2 aliphatic heterocycles. The number of nitrogens with zero attached hydrogens (tertiary/aromatic N) is 3. The van der Waals surface area contributed by atoms with E-state index in [-0.39, 0.29) is 0 Å². The van der Waals surface area contributed by atoms with Crippen LogP contribution in [0.1, 0.15) is 58.4 Å². The number of nitrogens with one attached hydrogen (secondary N) is 1. The second-order valence-corrected chi connectivity index (χ2v) is 11.6. The summed E-state index contributed by atoms with van der Waals surface area (Å²) in [6.07, 6.45) is 3.98. The standard InChI is InChI=1S/C32H46N4O2/c1-22(2)31-27-21-26(10-11-28(27)33-32(31)24-9-12-29(37-5)30(20-24)38-6)36-18-16-35(17-19-36)25-8-7-14-34(15-13-25)23(3)4/h9-12,20-23,25,33H,7-8,13-19H2,1-6H3. The number of hydrogen-bond acceptors (Lipinski definition) is 5. The van der Waals surface area contributed by atoms with Crippen LogP contribution in [0.3, 0.4) is 0 Å². The number of ether oxygens (including phenoxy) is 2. The van der Waals surface area contributed by atoms with Crippen molar-refractivity contribution in [3.05, 3.63) is 42.0 Å². The van der Waals surface area contributed by atoms with Gasteiger partial charge in [-0.15, -0.1) is 0 Å². The number of hydrogen-bond donors (Lipinski definition) is 1. The van der Waals surface area contributed by atoms with E-state index in [1.54, 1.807) is 14.2 Å². The molecule has 2 saturated heterocycles. The highest BCUT2D eigenvalue weighted by molar-refractivity contribution is 5.93. The third-order valence-corrected chi connectivity index (χ3v) is 8.73.